The van der Waals surface area contributed by atoms with E-state index in [-0.39, 0.29) is 18.6 Å². The number of aliphatic hydroxyl groups excluding tert-OH is 1. The van der Waals surface area contributed by atoms with Gasteiger partial charge < -0.3 is 10.0 Å². The molecule has 2 aromatic heterocycles. The van der Waals surface area contributed by atoms with Gasteiger partial charge in [0.05, 0.1) is 30.6 Å². The Kier molecular flexibility index (Phi) is 6.70. The lowest BCUT2D eigenvalue weighted by Crippen LogP contribution is -2.42. The zero-order valence-electron chi connectivity index (χ0n) is 15.6. The van der Waals surface area contributed by atoms with E-state index in [9.17, 15) is 9.90 Å². The van der Waals surface area contributed by atoms with Crippen molar-refractivity contribution < 1.29 is 9.90 Å². The van der Waals surface area contributed by atoms with E-state index in [0.717, 1.165) is 22.6 Å². The number of rotatable bonds is 8. The second-order valence-electron chi connectivity index (χ2n) is 6.36. The first-order chi connectivity index (χ1) is 12.0. The van der Waals surface area contributed by atoms with E-state index >= 15 is 0 Å². The van der Waals surface area contributed by atoms with Crippen LogP contribution in [0.5, 0.6) is 0 Å². The van der Waals surface area contributed by atoms with Crippen LogP contribution in [0.4, 0.5) is 0 Å². The monoisotopic (exact) mass is 344 g/mol. The molecule has 0 radical (unpaired) electrons. The summed E-state index contributed by atoms with van der Waals surface area (Å²) in [5, 5.41) is 14.1. The zero-order chi connectivity index (χ0) is 18.4. The third-order valence-corrected chi connectivity index (χ3v) is 4.75. The van der Waals surface area contributed by atoms with Crippen molar-refractivity contribution in [2.45, 2.75) is 52.6 Å². The van der Waals surface area contributed by atoms with Crippen LogP contribution in [0, 0.1) is 13.8 Å². The highest BCUT2D eigenvalue weighted by atomic mass is 16.3. The molecule has 0 fully saturated rings. The molecular weight excluding hydrogens is 316 g/mol. The molecule has 2 aromatic rings. The van der Waals surface area contributed by atoms with Crippen LogP contribution in [0.3, 0.4) is 0 Å². The second kappa shape index (κ2) is 8.76. The average Bonchev–Trinajstić information content (AvgIpc) is 2.86. The van der Waals surface area contributed by atoms with Gasteiger partial charge in [-0.3, -0.25) is 14.5 Å². The van der Waals surface area contributed by atoms with Crippen molar-refractivity contribution in [3.63, 3.8) is 0 Å². The van der Waals surface area contributed by atoms with Crippen LogP contribution in [0.2, 0.25) is 0 Å². The van der Waals surface area contributed by atoms with Crippen LogP contribution in [0.25, 0.3) is 0 Å². The molecule has 1 N–H and O–H groups in total. The molecule has 6 heteroatoms. The van der Waals surface area contributed by atoms with Gasteiger partial charge in [0, 0.05) is 25.4 Å². The number of aryl methyl sites for hydroxylation is 2. The number of nitrogens with zero attached hydrogens (tertiary/aromatic N) is 4. The van der Waals surface area contributed by atoms with Crippen molar-refractivity contribution in [1.29, 1.82) is 0 Å². The Morgan fingerprint density at radius 2 is 2.12 bits per heavy atom. The fourth-order valence-corrected chi connectivity index (χ4v) is 3.09. The smallest absolute Gasteiger partial charge is 0.223 e. The Morgan fingerprint density at radius 1 is 1.36 bits per heavy atom. The van der Waals surface area contributed by atoms with Gasteiger partial charge in [0.25, 0.3) is 0 Å². The van der Waals surface area contributed by atoms with Gasteiger partial charge in [-0.15, -0.1) is 0 Å². The molecule has 6 nitrogen and oxygen atoms in total. The first-order valence-corrected chi connectivity index (χ1v) is 8.77. The van der Waals surface area contributed by atoms with Gasteiger partial charge in [-0.1, -0.05) is 13.0 Å². The van der Waals surface area contributed by atoms with Gasteiger partial charge >= 0.3 is 0 Å². The molecule has 0 spiro atoms. The number of hydrogen-bond donors (Lipinski definition) is 1. The van der Waals surface area contributed by atoms with Gasteiger partial charge in [0.1, 0.15) is 0 Å². The summed E-state index contributed by atoms with van der Waals surface area (Å²) in [6.07, 6.45) is 3.49. The van der Waals surface area contributed by atoms with Crippen molar-refractivity contribution in [1.82, 2.24) is 19.7 Å². The lowest BCUT2D eigenvalue weighted by atomic mass is 10.1. The van der Waals surface area contributed by atoms with Gasteiger partial charge in [-0.05, 0) is 44.4 Å². The van der Waals surface area contributed by atoms with E-state index in [2.05, 4.69) is 10.1 Å². The first kappa shape index (κ1) is 19.1. The summed E-state index contributed by atoms with van der Waals surface area (Å²) in [6, 6.07) is 5.48. The summed E-state index contributed by atoms with van der Waals surface area (Å²) in [4.78, 5) is 18.9. The van der Waals surface area contributed by atoms with Crippen molar-refractivity contribution in [3.05, 3.63) is 47.0 Å². The predicted molar refractivity (Wildman–Crippen MR) is 97.0 cm³/mol. The minimum atomic E-state index is -0.189. The number of carbonyl (C=O) groups excluding carboxylic acids is 1. The number of hydrogen-bond acceptors (Lipinski definition) is 4. The topological polar surface area (TPSA) is 71.2 Å². The number of amides is 1. The fourth-order valence-electron chi connectivity index (χ4n) is 3.09. The van der Waals surface area contributed by atoms with E-state index in [0.29, 0.717) is 25.8 Å². The minimum absolute atomic E-state index is 0.0363. The van der Waals surface area contributed by atoms with Crippen LogP contribution in [0.15, 0.2) is 24.4 Å². The second-order valence-corrected chi connectivity index (χ2v) is 6.36. The number of pyridine rings is 1. The van der Waals surface area contributed by atoms with Crippen molar-refractivity contribution in [2.75, 3.05) is 6.61 Å². The summed E-state index contributed by atoms with van der Waals surface area (Å²) < 4.78 is 1.85. The summed E-state index contributed by atoms with van der Waals surface area (Å²) in [6.45, 7) is 6.36. The van der Waals surface area contributed by atoms with E-state index in [1.165, 1.54) is 0 Å². The Labute approximate surface area is 149 Å². The molecule has 136 valence electrons. The third kappa shape index (κ3) is 4.66. The molecule has 2 heterocycles. The van der Waals surface area contributed by atoms with E-state index in [1.807, 2.05) is 50.7 Å². The molecule has 1 atom stereocenters. The Balaban J connectivity index is 2.11. The molecule has 2 rings (SSSR count). The predicted octanol–water partition coefficient (Wildman–Crippen LogP) is 2.16. The molecule has 0 saturated heterocycles. The lowest BCUT2D eigenvalue weighted by Gasteiger charge is -2.30. The standard InChI is InChI=1S/C19H28N4O2/c1-5-17(13-24)23(12-16-8-6-7-11-20-16)19(25)10-9-18-14(2)21-22(4)15(18)3/h6-8,11,17,24H,5,9-10,12-13H2,1-4H3/t17-/m1/s1. The highest BCUT2D eigenvalue weighted by Gasteiger charge is 2.23. The summed E-state index contributed by atoms with van der Waals surface area (Å²) >= 11 is 0. The molecule has 0 aromatic carbocycles. The number of aliphatic hydroxyl groups is 1. The number of aromatic nitrogens is 3. The maximum atomic E-state index is 12.9. The van der Waals surface area contributed by atoms with E-state index < -0.39 is 0 Å². The molecule has 0 saturated carbocycles. The maximum absolute atomic E-state index is 12.9. The SMILES string of the molecule is CC[C@H](CO)N(Cc1ccccn1)C(=O)CCc1c(C)nn(C)c1C. The van der Waals surface area contributed by atoms with Crippen molar-refractivity contribution >= 4 is 5.91 Å². The van der Waals surface area contributed by atoms with Gasteiger partial charge in [-0.25, -0.2) is 0 Å². The van der Waals surface area contributed by atoms with Crippen LogP contribution in [-0.4, -0.2) is 43.3 Å². The normalized spacial score (nSPS) is 12.2. The number of carbonyl (C=O) groups is 1. The molecule has 0 aliphatic carbocycles. The minimum Gasteiger partial charge on any atom is -0.394 e. The Morgan fingerprint density at radius 3 is 2.64 bits per heavy atom. The molecule has 0 bridgehead atoms. The summed E-state index contributed by atoms with van der Waals surface area (Å²) in [5.41, 5.74) is 4.02. The Bertz CT molecular complexity index is 693. The molecule has 0 aliphatic heterocycles. The van der Waals surface area contributed by atoms with Gasteiger partial charge in [0.15, 0.2) is 0 Å². The van der Waals surface area contributed by atoms with E-state index in [1.54, 1.807) is 11.1 Å². The van der Waals surface area contributed by atoms with Crippen LogP contribution < -0.4 is 0 Å². The fraction of sp³-hybridized carbons (Fsp3) is 0.526. The third-order valence-electron chi connectivity index (χ3n) is 4.75. The van der Waals surface area contributed by atoms with Crippen LogP contribution in [0.1, 0.15) is 42.4 Å². The lowest BCUT2D eigenvalue weighted by molar-refractivity contribution is -0.135. The molecule has 1 amide bonds. The van der Waals surface area contributed by atoms with E-state index in [4.69, 9.17) is 0 Å². The highest BCUT2D eigenvalue weighted by Crippen LogP contribution is 2.17. The van der Waals surface area contributed by atoms with Crippen LogP contribution >= 0.6 is 0 Å². The zero-order valence-corrected chi connectivity index (χ0v) is 15.6. The van der Waals surface area contributed by atoms with Crippen molar-refractivity contribution in [2.24, 2.45) is 7.05 Å². The highest BCUT2D eigenvalue weighted by molar-refractivity contribution is 5.77. The van der Waals surface area contributed by atoms with Crippen molar-refractivity contribution in [3.8, 4) is 0 Å². The summed E-state index contributed by atoms with van der Waals surface area (Å²) in [7, 11) is 1.92. The summed E-state index contributed by atoms with van der Waals surface area (Å²) in [5.74, 6) is 0.0363. The van der Waals surface area contributed by atoms with Gasteiger partial charge in [-0.2, -0.15) is 5.10 Å². The first-order valence-electron chi connectivity index (χ1n) is 8.77. The molecule has 0 aliphatic rings. The maximum Gasteiger partial charge on any atom is 0.223 e. The average molecular weight is 344 g/mol. The van der Waals surface area contributed by atoms with Gasteiger partial charge in [0.2, 0.25) is 5.91 Å². The quantitative estimate of drug-likeness (QED) is 0.797. The largest absolute Gasteiger partial charge is 0.394 e. The molecule has 0 unspecified atom stereocenters. The Hall–Kier alpha value is -2.21. The molecular formula is C19H28N4O2. The van der Waals surface area contributed by atoms with Crippen LogP contribution in [-0.2, 0) is 24.8 Å². The molecule has 25 heavy (non-hydrogen) atoms.